The maximum atomic E-state index is 10.7. The zero-order valence-electron chi connectivity index (χ0n) is 72.5. The van der Waals surface area contributed by atoms with Gasteiger partial charge in [-0.3, -0.25) is 72.3 Å². The van der Waals surface area contributed by atoms with Crippen molar-refractivity contribution < 1.29 is 67.4 Å². The highest BCUT2D eigenvalue weighted by Gasteiger charge is 2.18. The minimum Gasteiger partial charge on any atom is -0.481 e. The van der Waals surface area contributed by atoms with Crippen molar-refractivity contribution in [3.8, 4) is 0 Å². The number of aliphatic imine (C=N–C) groups is 2. The lowest BCUT2D eigenvalue weighted by molar-refractivity contribution is -0.139. The highest BCUT2D eigenvalue weighted by atomic mass is 16.4. The van der Waals surface area contributed by atoms with Gasteiger partial charge in [0.15, 0.2) is 11.9 Å². The first kappa shape index (κ1) is 130. The fraction of sp³-hybridized carbons (Fsp3) is 0.803. The molecule has 0 aliphatic rings. The summed E-state index contributed by atoms with van der Waals surface area (Å²) in [5.41, 5.74) is 95.7. The Bertz CT molecular complexity index is 2250. The van der Waals surface area contributed by atoms with E-state index in [1.807, 2.05) is 69.2 Å². The van der Waals surface area contributed by atoms with Gasteiger partial charge < -0.3 is 108 Å². The van der Waals surface area contributed by atoms with Gasteiger partial charge in [-0.2, -0.15) is 0 Å². The summed E-state index contributed by atoms with van der Waals surface area (Å²) in [5.74, 6) is 1.07. The Morgan fingerprint density at radius 3 is 0.527 bits per heavy atom. The van der Waals surface area contributed by atoms with Crippen LogP contribution in [0.15, 0.2) is 9.98 Å². The largest absolute Gasteiger partial charge is 0.481 e. The topological polar surface area (TPSA) is 735 Å². The van der Waals surface area contributed by atoms with Crippen LogP contribution in [0.1, 0.15) is 269 Å². The van der Waals surface area contributed by atoms with Gasteiger partial charge >= 0.3 is 5.97 Å². The predicted octanol–water partition coefficient (Wildman–Crippen LogP) is 1.94. The summed E-state index contributed by atoms with van der Waals surface area (Å²) >= 11 is 0. The third-order valence-electron chi connectivity index (χ3n) is 16.8. The van der Waals surface area contributed by atoms with Gasteiger partial charge in [-0.05, 0) is 191 Å². The first-order valence-electron chi connectivity index (χ1n) is 38.1. The van der Waals surface area contributed by atoms with Gasteiger partial charge in [-0.15, -0.1) is 0 Å². The molecule has 0 heterocycles. The smallest absolute Gasteiger partial charge is 0.305 e. The third-order valence-corrected chi connectivity index (χ3v) is 16.8. The van der Waals surface area contributed by atoms with Gasteiger partial charge in [0.25, 0.3) is 0 Å². The maximum Gasteiger partial charge on any atom is 0.305 e. The molecule has 110 heavy (non-hydrogen) atoms. The average molecular weight is 1580 g/mol. The van der Waals surface area contributed by atoms with Crippen molar-refractivity contribution in [2.45, 2.75) is 341 Å². The number of carbonyl (C=O) groups is 13. The van der Waals surface area contributed by atoms with Crippen LogP contribution in [-0.4, -0.2) is 191 Å². The molecule has 17 atom stereocenters. The third kappa shape index (κ3) is 104. The monoisotopic (exact) mass is 1580 g/mol. The van der Waals surface area contributed by atoms with Crippen LogP contribution in [0.2, 0.25) is 0 Å². The predicted molar refractivity (Wildman–Crippen MR) is 450 cm³/mol. The summed E-state index contributed by atoms with van der Waals surface area (Å²) in [4.78, 5) is 143. The Morgan fingerprint density at radius 1 is 0.273 bits per heavy atom. The molecule has 0 radical (unpaired) electrons. The number of ketones is 12. The first-order chi connectivity index (χ1) is 50.2. The average Bonchev–Trinajstić information content (AvgIpc) is 0.991. The summed E-state index contributed by atoms with van der Waals surface area (Å²) < 4.78 is 0. The second-order valence-electron chi connectivity index (χ2n) is 27.6. The molecule has 34 nitrogen and oxygen atoms in total. The van der Waals surface area contributed by atoms with Gasteiger partial charge in [0.1, 0.15) is 69.4 Å². The molecule has 34 heteroatoms. The molecule has 0 aliphatic carbocycles. The molecular weight excluding hydrogens is 1420 g/mol. The number of carboxylic acid groups (broad SMARTS) is 1. The van der Waals surface area contributed by atoms with Crippen molar-refractivity contribution in [1.82, 2.24) is 0 Å². The highest BCUT2D eigenvalue weighted by Crippen LogP contribution is 2.09. The van der Waals surface area contributed by atoms with Crippen molar-refractivity contribution in [1.29, 1.82) is 0 Å². The van der Waals surface area contributed by atoms with Crippen molar-refractivity contribution in [3.05, 3.63) is 0 Å². The number of guanidine groups is 2. The Morgan fingerprint density at radius 2 is 0.436 bits per heavy atom. The zero-order valence-corrected chi connectivity index (χ0v) is 72.5. The molecule has 0 rings (SSSR count). The molecule has 654 valence electrons. The van der Waals surface area contributed by atoms with Crippen LogP contribution in [0.4, 0.5) is 0 Å². The zero-order chi connectivity index (χ0) is 90.0. The van der Waals surface area contributed by atoms with Crippen LogP contribution in [0.25, 0.3) is 0 Å². The summed E-state index contributed by atoms with van der Waals surface area (Å²) in [6, 6.07) is -3.99. The number of hydrogen-bond donors (Lipinski definition) is 19. The van der Waals surface area contributed by atoms with E-state index in [1.54, 1.807) is 13.8 Å². The summed E-state index contributed by atoms with van der Waals surface area (Å²) in [5, 5.41) is 8.10. The molecule has 0 amide bonds. The first-order valence-corrected chi connectivity index (χ1v) is 38.1. The maximum absolute atomic E-state index is 10.7. The quantitative estimate of drug-likeness (QED) is 0.0237. The van der Waals surface area contributed by atoms with Crippen LogP contribution in [0.5, 0.6) is 0 Å². The van der Waals surface area contributed by atoms with E-state index in [-0.39, 0.29) is 154 Å². The second kappa shape index (κ2) is 84.9. The van der Waals surface area contributed by atoms with E-state index in [0.29, 0.717) is 68.6 Å². The van der Waals surface area contributed by atoms with Crippen LogP contribution >= 0.6 is 0 Å². The van der Waals surface area contributed by atoms with E-state index in [1.165, 1.54) is 83.1 Å². The van der Waals surface area contributed by atoms with Crippen LogP contribution < -0.4 is 103 Å². The molecule has 0 fully saturated rings. The number of carboxylic acids is 1. The highest BCUT2D eigenvalue weighted by molar-refractivity contribution is 5.86. The minimum atomic E-state index is -1.04. The molecule has 0 saturated heterocycles. The SMILES string of the molecule is CC(=O)[C@@H](C)N.CC(=O)[C@@H](N)CCCCN.CC(=O)[C@@H](N)CCCN=C(N)N.CC(=O)[C@H](C)N.CC(=O)[C@H](N)CC(=O)O.CC(=O)[C@H](N)CCCCN.CC(=O)[C@H](N)CCCN=C(N)N.CCC(C)C(N)C(C)=O.CC[C@@H](C)[C@@H](N)C(C)=O.CC[C@@H](C)[C@H](N)C(C)=O.CC[C@H](C)[C@@H](N)C(C)=O.CC[C@H](C)[C@H](N)C(C)=O. The number of rotatable bonds is 40. The minimum absolute atomic E-state index is 0.000278. The van der Waals surface area contributed by atoms with E-state index in [9.17, 15) is 62.3 Å². The number of nitrogens with zero attached hydrogens (tertiary/aromatic N) is 2. The van der Waals surface area contributed by atoms with Crippen molar-refractivity contribution in [2.24, 2.45) is 143 Å². The van der Waals surface area contributed by atoms with E-state index >= 15 is 0 Å². The Labute approximate surface area is 662 Å². The number of unbranched alkanes of at least 4 members (excludes halogenated alkanes) is 2. The molecule has 0 saturated carbocycles. The van der Waals surface area contributed by atoms with Crippen molar-refractivity contribution in [2.75, 3.05) is 26.2 Å². The normalized spacial score (nSPS) is 14.5. The van der Waals surface area contributed by atoms with E-state index in [0.717, 1.165) is 83.5 Å². The van der Waals surface area contributed by atoms with Crippen molar-refractivity contribution >= 4 is 87.3 Å². The lowest BCUT2D eigenvalue weighted by atomic mass is 9.97. The standard InChI is InChI=1S/2C7H16N4O.2C7H16N2O.5C7H15NO.C5H9NO3.2C4H9NO/c2*1-5(12)6(8)3-2-4-11-7(9)10;2*1-6(10)7(9)4-2-3-5-8;5*1-4-5(2)7(8)6(3)9;1-3(7)4(6)2-5(8)9;2*1-3(5)4(2)6/h2*6H,2-4,8H2,1H3,(H4,9,10,11);2*7H,2-5,8-9H2,1H3;5*5,7H,4,8H2,1-3H3;4H,2,6H2,1H3,(H,8,9);2*3H,5H2,1-2H3/t2*6-;2*7-;2*5-,7+;2*5-,7-;;4-;2*3-/m10101010.110/s1. The van der Waals surface area contributed by atoms with Crippen LogP contribution in [0.3, 0.4) is 0 Å². The van der Waals surface area contributed by atoms with Crippen LogP contribution in [-0.2, 0) is 62.3 Å². The summed E-state index contributed by atoms with van der Waals surface area (Å²) in [6.07, 6.45) is 12.7. The number of Topliss-reactive ketones (excluding diaryl/α,β-unsaturated/α-hetero) is 12. The van der Waals surface area contributed by atoms with Crippen LogP contribution in [0, 0.1) is 29.6 Å². The molecule has 0 aromatic heterocycles. The Kier molecular flexibility index (Phi) is 100. The lowest BCUT2D eigenvalue weighted by Gasteiger charge is -2.13. The molecule has 2 unspecified atom stereocenters. The van der Waals surface area contributed by atoms with Gasteiger partial charge in [0.05, 0.1) is 78.9 Å². The molecule has 37 N–H and O–H groups in total. The Hall–Kier alpha value is -6.51. The molecule has 0 aliphatic heterocycles. The molecular formula is C76H166N20O14. The van der Waals surface area contributed by atoms with Gasteiger partial charge in [0.2, 0.25) is 0 Å². The van der Waals surface area contributed by atoms with Crippen molar-refractivity contribution in [3.63, 3.8) is 0 Å². The number of aliphatic carboxylic acids is 1. The van der Waals surface area contributed by atoms with Gasteiger partial charge in [0, 0.05) is 13.1 Å². The molecule has 0 aromatic carbocycles. The summed E-state index contributed by atoms with van der Waals surface area (Å²) in [6.45, 7) is 43.8. The fourth-order valence-corrected chi connectivity index (χ4v) is 6.47. The molecule has 0 aromatic rings. The summed E-state index contributed by atoms with van der Waals surface area (Å²) in [7, 11) is 0. The van der Waals surface area contributed by atoms with E-state index < -0.39 is 12.0 Å². The van der Waals surface area contributed by atoms with E-state index in [2.05, 4.69) is 9.98 Å². The van der Waals surface area contributed by atoms with E-state index in [4.69, 9.17) is 108 Å². The number of nitrogens with two attached hydrogens (primary N) is 18. The molecule has 0 spiro atoms. The fourth-order valence-electron chi connectivity index (χ4n) is 6.47. The number of carbonyl (C=O) groups excluding carboxylic acids is 12. The second-order valence-corrected chi connectivity index (χ2v) is 27.6. The Balaban J connectivity index is -0.0000000956. The molecule has 0 bridgehead atoms. The number of hydrogen-bond acceptors (Lipinski definition) is 29. The van der Waals surface area contributed by atoms with Gasteiger partial charge in [-0.25, -0.2) is 0 Å². The lowest BCUT2D eigenvalue weighted by Crippen LogP contribution is -2.34. The van der Waals surface area contributed by atoms with Gasteiger partial charge in [-0.1, -0.05) is 114 Å².